The van der Waals surface area contributed by atoms with Crippen molar-refractivity contribution in [3.05, 3.63) is 78.1 Å². The lowest BCUT2D eigenvalue weighted by molar-refractivity contribution is 0.281. The second kappa shape index (κ2) is 10.0. The molecule has 0 amide bonds. The van der Waals surface area contributed by atoms with Crippen molar-refractivity contribution in [1.82, 2.24) is 9.88 Å². The van der Waals surface area contributed by atoms with Gasteiger partial charge >= 0.3 is 0 Å². The Morgan fingerprint density at radius 1 is 1.07 bits per heavy atom. The summed E-state index contributed by atoms with van der Waals surface area (Å²) >= 11 is 0. The lowest BCUT2D eigenvalue weighted by atomic mass is 9.89. The maximum atomic E-state index is 13.4. The quantitative estimate of drug-likeness (QED) is 0.656. The predicted molar refractivity (Wildman–Crippen MR) is 113 cm³/mol. The summed E-state index contributed by atoms with van der Waals surface area (Å²) in [5.41, 5.74) is 8.04. The van der Waals surface area contributed by atoms with Crippen molar-refractivity contribution in [1.29, 1.82) is 0 Å². The number of nitrogens with zero attached hydrogens (tertiary/aromatic N) is 2. The van der Waals surface area contributed by atoms with Gasteiger partial charge in [-0.05, 0) is 30.2 Å². The van der Waals surface area contributed by atoms with Crippen LogP contribution in [0.15, 0.2) is 65.2 Å². The van der Waals surface area contributed by atoms with Crippen LogP contribution in [0.25, 0.3) is 11.3 Å². The molecule has 1 aliphatic heterocycles. The topological polar surface area (TPSA) is 55.3 Å². The molecule has 1 aliphatic rings. The minimum atomic E-state index is -0.281. The highest BCUT2D eigenvalue weighted by molar-refractivity contribution is 5.85. The van der Waals surface area contributed by atoms with Gasteiger partial charge in [-0.3, -0.25) is 4.90 Å². The normalized spacial score (nSPS) is 19.1. The van der Waals surface area contributed by atoms with Gasteiger partial charge in [-0.25, -0.2) is 9.37 Å². The van der Waals surface area contributed by atoms with E-state index in [2.05, 4.69) is 34.1 Å². The molecule has 1 aromatic heterocycles. The highest BCUT2D eigenvalue weighted by Crippen LogP contribution is 2.33. The summed E-state index contributed by atoms with van der Waals surface area (Å²) in [7, 11) is 0. The summed E-state index contributed by atoms with van der Waals surface area (Å²) in [6, 6.07) is 16.9. The minimum Gasteiger partial charge on any atom is -0.439 e. The molecule has 0 spiro atoms. The van der Waals surface area contributed by atoms with E-state index in [1.54, 1.807) is 12.3 Å². The number of nitrogens with two attached hydrogens (primary N) is 1. The molecule has 1 fully saturated rings. The van der Waals surface area contributed by atoms with E-state index in [0.29, 0.717) is 42.1 Å². The van der Waals surface area contributed by atoms with Crippen LogP contribution < -0.4 is 5.73 Å². The van der Waals surface area contributed by atoms with Crippen LogP contribution in [-0.4, -0.2) is 29.5 Å². The molecule has 28 heavy (non-hydrogen) atoms. The Morgan fingerprint density at radius 3 is 2.57 bits per heavy atom. The first-order chi connectivity index (χ1) is 12.7. The Morgan fingerprint density at radius 2 is 1.86 bits per heavy atom. The number of hydrogen-bond donors (Lipinski definition) is 1. The Balaban J connectivity index is 0.00000140. The maximum absolute atomic E-state index is 13.4. The largest absolute Gasteiger partial charge is 0.439 e. The monoisotopic (exact) mass is 423 g/mol. The number of rotatable bonds is 5. The molecule has 150 valence electrons. The molecular formula is C21H24Cl2FN3O. The molecule has 2 heterocycles. The van der Waals surface area contributed by atoms with Gasteiger partial charge in [-0.15, -0.1) is 24.8 Å². The molecule has 0 radical (unpaired) electrons. The van der Waals surface area contributed by atoms with E-state index < -0.39 is 0 Å². The van der Waals surface area contributed by atoms with Gasteiger partial charge in [0.05, 0.1) is 12.7 Å². The van der Waals surface area contributed by atoms with Gasteiger partial charge in [-0.2, -0.15) is 0 Å². The fourth-order valence-corrected chi connectivity index (χ4v) is 3.76. The Kier molecular flexibility index (Phi) is 8.01. The molecule has 3 aromatic rings. The van der Waals surface area contributed by atoms with E-state index in [1.807, 2.05) is 12.1 Å². The van der Waals surface area contributed by atoms with E-state index in [0.717, 1.165) is 13.1 Å². The van der Waals surface area contributed by atoms with Crippen LogP contribution in [0.4, 0.5) is 4.39 Å². The SMILES string of the molecule is Cl.Cl.NC[C@@H]1CN(Cc2ncc(-c3cccc(F)c3)o2)C[C@H]1c1ccccc1. The minimum absolute atomic E-state index is 0. The summed E-state index contributed by atoms with van der Waals surface area (Å²) in [5, 5.41) is 0. The number of aromatic nitrogens is 1. The molecule has 0 saturated carbocycles. The molecule has 0 bridgehead atoms. The van der Waals surface area contributed by atoms with Gasteiger partial charge in [0.1, 0.15) is 5.82 Å². The summed E-state index contributed by atoms with van der Waals surface area (Å²) in [5.74, 6) is 1.81. The molecule has 0 aliphatic carbocycles. The zero-order valence-corrected chi connectivity index (χ0v) is 17.0. The van der Waals surface area contributed by atoms with E-state index in [1.165, 1.54) is 17.7 Å². The lowest BCUT2D eigenvalue weighted by Crippen LogP contribution is -2.23. The maximum Gasteiger partial charge on any atom is 0.209 e. The molecular weight excluding hydrogens is 400 g/mol. The molecule has 2 N–H and O–H groups in total. The van der Waals surface area contributed by atoms with E-state index in [-0.39, 0.29) is 30.6 Å². The van der Waals surface area contributed by atoms with Crippen molar-refractivity contribution in [2.24, 2.45) is 11.7 Å². The van der Waals surface area contributed by atoms with Crippen LogP contribution in [0, 0.1) is 11.7 Å². The zero-order valence-electron chi connectivity index (χ0n) is 15.3. The number of hydrogen-bond acceptors (Lipinski definition) is 4. The number of likely N-dealkylation sites (tertiary alicyclic amines) is 1. The summed E-state index contributed by atoms with van der Waals surface area (Å²) in [6.45, 7) is 3.16. The molecule has 1 saturated heterocycles. The van der Waals surface area contributed by atoms with Crippen LogP contribution in [0.1, 0.15) is 17.4 Å². The molecule has 4 rings (SSSR count). The average molecular weight is 424 g/mol. The highest BCUT2D eigenvalue weighted by atomic mass is 35.5. The van der Waals surface area contributed by atoms with Gasteiger partial charge in [0.2, 0.25) is 5.89 Å². The summed E-state index contributed by atoms with van der Waals surface area (Å²) in [6.07, 6.45) is 1.66. The number of halogens is 3. The first-order valence-electron chi connectivity index (χ1n) is 8.91. The van der Waals surface area contributed by atoms with Crippen molar-refractivity contribution in [3.63, 3.8) is 0 Å². The first kappa shape index (κ1) is 22.4. The molecule has 7 heteroatoms. The third-order valence-corrected chi connectivity index (χ3v) is 5.07. The first-order valence-corrected chi connectivity index (χ1v) is 8.91. The van der Waals surface area contributed by atoms with Crippen molar-refractivity contribution in [2.45, 2.75) is 12.5 Å². The summed E-state index contributed by atoms with van der Waals surface area (Å²) < 4.78 is 19.2. The molecule has 2 atom stereocenters. The Labute approximate surface area is 176 Å². The van der Waals surface area contributed by atoms with Crippen molar-refractivity contribution < 1.29 is 8.81 Å². The van der Waals surface area contributed by atoms with Gasteiger partial charge in [-0.1, -0.05) is 42.5 Å². The smallest absolute Gasteiger partial charge is 0.209 e. The van der Waals surface area contributed by atoms with Crippen LogP contribution >= 0.6 is 24.8 Å². The predicted octanol–water partition coefficient (Wildman–Crippen LogP) is 4.50. The molecule has 2 aromatic carbocycles. The molecule has 0 unspecified atom stereocenters. The second-order valence-corrected chi connectivity index (χ2v) is 6.84. The lowest BCUT2D eigenvalue weighted by Gasteiger charge is -2.16. The van der Waals surface area contributed by atoms with Crippen LogP contribution in [0.3, 0.4) is 0 Å². The van der Waals surface area contributed by atoms with Gasteiger partial charge in [0, 0.05) is 24.6 Å². The Bertz CT molecular complexity index is 875. The van der Waals surface area contributed by atoms with E-state index in [4.69, 9.17) is 10.2 Å². The van der Waals surface area contributed by atoms with Crippen LogP contribution in [0.5, 0.6) is 0 Å². The number of oxazole rings is 1. The highest BCUT2D eigenvalue weighted by Gasteiger charge is 2.33. The number of benzene rings is 2. The molecule has 4 nitrogen and oxygen atoms in total. The Hall–Kier alpha value is -1.92. The average Bonchev–Trinajstić information content (AvgIpc) is 3.30. The van der Waals surface area contributed by atoms with Gasteiger partial charge < -0.3 is 10.2 Å². The van der Waals surface area contributed by atoms with E-state index in [9.17, 15) is 4.39 Å². The van der Waals surface area contributed by atoms with Gasteiger partial charge in [0.25, 0.3) is 0 Å². The van der Waals surface area contributed by atoms with Crippen molar-refractivity contribution in [2.75, 3.05) is 19.6 Å². The standard InChI is InChI=1S/C21H22FN3O.2ClH/c22-18-8-4-7-16(9-18)20-11-24-21(26-20)14-25-12-17(10-23)19(13-25)15-5-2-1-3-6-15;;/h1-9,11,17,19H,10,12-14,23H2;2*1H/t17-,19+;;/m1../s1. The summed E-state index contributed by atoms with van der Waals surface area (Å²) in [4.78, 5) is 6.70. The fourth-order valence-electron chi connectivity index (χ4n) is 3.76. The third kappa shape index (κ3) is 4.92. The zero-order chi connectivity index (χ0) is 17.9. The van der Waals surface area contributed by atoms with Crippen LogP contribution in [0.2, 0.25) is 0 Å². The van der Waals surface area contributed by atoms with Crippen LogP contribution in [-0.2, 0) is 6.54 Å². The van der Waals surface area contributed by atoms with Gasteiger partial charge in [0.15, 0.2) is 5.76 Å². The van der Waals surface area contributed by atoms with E-state index >= 15 is 0 Å². The van der Waals surface area contributed by atoms with Crippen molar-refractivity contribution in [3.8, 4) is 11.3 Å². The second-order valence-electron chi connectivity index (χ2n) is 6.84. The van der Waals surface area contributed by atoms with Crippen molar-refractivity contribution >= 4 is 24.8 Å². The fraction of sp³-hybridized carbons (Fsp3) is 0.286. The third-order valence-electron chi connectivity index (χ3n) is 5.07.